The molecule has 0 aromatic heterocycles. The van der Waals surface area contributed by atoms with Gasteiger partial charge in [0.15, 0.2) is 0 Å². The summed E-state index contributed by atoms with van der Waals surface area (Å²) in [5.41, 5.74) is 1.08. The Labute approximate surface area is 128 Å². The molecule has 5 heteroatoms. The maximum Gasteiger partial charge on any atom is 0.224 e. The van der Waals surface area contributed by atoms with Crippen LogP contribution < -0.4 is 14.8 Å². The lowest BCUT2D eigenvalue weighted by atomic mass is 10.1. The monoisotopic (exact) mass is 303 g/mol. The van der Waals surface area contributed by atoms with Crippen LogP contribution in [0.5, 0.6) is 11.5 Å². The van der Waals surface area contributed by atoms with Gasteiger partial charge in [-0.1, -0.05) is 18.2 Å². The number of methoxy groups -OCH3 is 2. The second-order valence-corrected chi connectivity index (χ2v) is 4.71. The summed E-state index contributed by atoms with van der Waals surface area (Å²) in [4.78, 5) is 12.0. The van der Waals surface area contributed by atoms with Crippen molar-refractivity contribution in [2.75, 3.05) is 19.5 Å². The molecule has 1 amide bonds. The van der Waals surface area contributed by atoms with Crippen LogP contribution in [0.15, 0.2) is 42.5 Å². The predicted molar refractivity (Wildman–Crippen MR) is 82.9 cm³/mol. The highest BCUT2D eigenvalue weighted by Gasteiger charge is 2.10. The first-order valence-corrected chi connectivity index (χ1v) is 6.89. The fourth-order valence-corrected chi connectivity index (χ4v) is 2.06. The third-order valence-electron chi connectivity index (χ3n) is 3.26. The number of nitrogens with one attached hydrogen (secondary N) is 1. The highest BCUT2D eigenvalue weighted by molar-refractivity contribution is 5.92. The highest BCUT2D eigenvalue weighted by atomic mass is 19.1. The summed E-state index contributed by atoms with van der Waals surface area (Å²) in [6.45, 7) is 0. The number of halogens is 1. The number of rotatable bonds is 6. The van der Waals surface area contributed by atoms with Crippen LogP contribution in [-0.4, -0.2) is 20.1 Å². The molecule has 1 N–H and O–H groups in total. The molecule has 116 valence electrons. The molecule has 0 radical (unpaired) electrons. The lowest BCUT2D eigenvalue weighted by Gasteiger charge is -2.11. The Morgan fingerprint density at radius 2 is 1.91 bits per heavy atom. The van der Waals surface area contributed by atoms with Gasteiger partial charge in [0.25, 0.3) is 0 Å². The van der Waals surface area contributed by atoms with E-state index >= 15 is 0 Å². The van der Waals surface area contributed by atoms with Crippen LogP contribution in [0, 0.1) is 5.82 Å². The van der Waals surface area contributed by atoms with E-state index in [-0.39, 0.29) is 18.1 Å². The second-order valence-electron chi connectivity index (χ2n) is 4.71. The Morgan fingerprint density at radius 3 is 2.59 bits per heavy atom. The molecule has 4 nitrogen and oxygen atoms in total. The lowest BCUT2D eigenvalue weighted by Crippen LogP contribution is -2.13. The number of carbonyl (C=O) groups is 1. The van der Waals surface area contributed by atoms with Gasteiger partial charge in [0, 0.05) is 12.5 Å². The fraction of sp³-hybridized carbons (Fsp3) is 0.235. The molecule has 2 aromatic rings. The molecule has 0 aliphatic heterocycles. The van der Waals surface area contributed by atoms with Crippen LogP contribution in [-0.2, 0) is 11.2 Å². The summed E-state index contributed by atoms with van der Waals surface area (Å²) < 4.78 is 23.8. The van der Waals surface area contributed by atoms with Gasteiger partial charge in [-0.05, 0) is 30.2 Å². The summed E-state index contributed by atoms with van der Waals surface area (Å²) in [7, 11) is 3.07. The van der Waals surface area contributed by atoms with Crippen molar-refractivity contribution >= 4 is 11.6 Å². The van der Waals surface area contributed by atoms with Crippen LogP contribution in [0.25, 0.3) is 0 Å². The van der Waals surface area contributed by atoms with Crippen LogP contribution in [0.2, 0.25) is 0 Å². The van der Waals surface area contributed by atoms with Crippen molar-refractivity contribution in [3.63, 3.8) is 0 Å². The van der Waals surface area contributed by atoms with Crippen LogP contribution in [0.3, 0.4) is 0 Å². The molecular weight excluding hydrogens is 285 g/mol. The van der Waals surface area contributed by atoms with Crippen molar-refractivity contribution in [1.29, 1.82) is 0 Å². The van der Waals surface area contributed by atoms with Crippen molar-refractivity contribution in [3.8, 4) is 11.5 Å². The number of benzene rings is 2. The highest BCUT2D eigenvalue weighted by Crippen LogP contribution is 2.29. The second kappa shape index (κ2) is 7.45. The van der Waals surface area contributed by atoms with Crippen molar-refractivity contribution in [2.24, 2.45) is 0 Å². The van der Waals surface area contributed by atoms with Gasteiger partial charge in [-0.25, -0.2) is 4.39 Å². The van der Waals surface area contributed by atoms with E-state index in [1.165, 1.54) is 13.2 Å². The molecule has 0 spiro atoms. The summed E-state index contributed by atoms with van der Waals surface area (Å²) in [6, 6.07) is 11.6. The van der Waals surface area contributed by atoms with E-state index in [1.807, 2.05) is 0 Å². The third kappa shape index (κ3) is 3.97. The average Bonchev–Trinajstić information content (AvgIpc) is 2.54. The number of aryl methyl sites for hydroxylation is 1. The minimum absolute atomic E-state index is 0.191. The number of anilines is 1. The molecule has 0 saturated carbocycles. The Hall–Kier alpha value is -2.56. The van der Waals surface area contributed by atoms with E-state index in [0.29, 0.717) is 29.2 Å². The molecule has 0 atom stereocenters. The van der Waals surface area contributed by atoms with Crippen LogP contribution in [0.4, 0.5) is 10.1 Å². The zero-order valence-corrected chi connectivity index (χ0v) is 12.6. The Morgan fingerprint density at radius 1 is 1.14 bits per heavy atom. The van der Waals surface area contributed by atoms with E-state index < -0.39 is 0 Å². The van der Waals surface area contributed by atoms with Crippen molar-refractivity contribution in [1.82, 2.24) is 0 Å². The molecular formula is C17H18FNO3. The molecule has 0 bridgehead atoms. The van der Waals surface area contributed by atoms with Gasteiger partial charge in [0.2, 0.25) is 5.91 Å². The van der Waals surface area contributed by atoms with Crippen molar-refractivity contribution < 1.29 is 18.7 Å². The average molecular weight is 303 g/mol. The van der Waals surface area contributed by atoms with Gasteiger partial charge in [-0.15, -0.1) is 0 Å². The fourth-order valence-electron chi connectivity index (χ4n) is 2.06. The number of amides is 1. The SMILES string of the molecule is COc1ccc(NC(=O)CCc2ccccc2F)c(OC)c1. The zero-order chi connectivity index (χ0) is 15.9. The molecule has 0 heterocycles. The van der Waals surface area contributed by atoms with E-state index in [4.69, 9.17) is 9.47 Å². The molecule has 2 aromatic carbocycles. The number of carbonyl (C=O) groups excluding carboxylic acids is 1. The summed E-state index contributed by atoms with van der Waals surface area (Å²) >= 11 is 0. The smallest absolute Gasteiger partial charge is 0.224 e. The summed E-state index contributed by atoms with van der Waals surface area (Å²) in [5.74, 6) is 0.656. The normalized spacial score (nSPS) is 10.1. The Balaban J connectivity index is 1.99. The molecule has 2 rings (SSSR count). The number of hydrogen-bond donors (Lipinski definition) is 1. The van der Waals surface area contributed by atoms with Gasteiger partial charge in [-0.3, -0.25) is 4.79 Å². The number of ether oxygens (including phenoxy) is 2. The largest absolute Gasteiger partial charge is 0.497 e. The van der Waals surface area contributed by atoms with Gasteiger partial charge < -0.3 is 14.8 Å². The molecule has 0 fully saturated rings. The summed E-state index contributed by atoms with van der Waals surface area (Å²) in [6.07, 6.45) is 0.535. The van der Waals surface area contributed by atoms with Gasteiger partial charge in [-0.2, -0.15) is 0 Å². The van der Waals surface area contributed by atoms with Crippen molar-refractivity contribution in [3.05, 3.63) is 53.8 Å². The number of hydrogen-bond acceptors (Lipinski definition) is 3. The lowest BCUT2D eigenvalue weighted by molar-refractivity contribution is -0.116. The summed E-state index contributed by atoms with van der Waals surface area (Å²) in [5, 5.41) is 2.76. The molecule has 0 unspecified atom stereocenters. The van der Waals surface area contributed by atoms with Crippen molar-refractivity contribution in [2.45, 2.75) is 12.8 Å². The van der Waals surface area contributed by atoms with Gasteiger partial charge in [0.1, 0.15) is 17.3 Å². The Kier molecular flexibility index (Phi) is 5.36. The van der Waals surface area contributed by atoms with E-state index in [0.717, 1.165) is 0 Å². The van der Waals surface area contributed by atoms with Gasteiger partial charge >= 0.3 is 0 Å². The molecule has 22 heavy (non-hydrogen) atoms. The predicted octanol–water partition coefficient (Wildman–Crippen LogP) is 3.41. The maximum atomic E-state index is 13.5. The third-order valence-corrected chi connectivity index (χ3v) is 3.26. The van der Waals surface area contributed by atoms with Crippen LogP contribution in [0.1, 0.15) is 12.0 Å². The van der Waals surface area contributed by atoms with E-state index in [1.54, 1.807) is 43.5 Å². The Bertz CT molecular complexity index is 658. The first-order chi connectivity index (χ1) is 10.6. The van der Waals surface area contributed by atoms with E-state index in [2.05, 4.69) is 5.32 Å². The topological polar surface area (TPSA) is 47.6 Å². The minimum Gasteiger partial charge on any atom is -0.497 e. The van der Waals surface area contributed by atoms with E-state index in [9.17, 15) is 9.18 Å². The maximum absolute atomic E-state index is 13.5. The standard InChI is InChI=1S/C17H18FNO3/c1-21-13-8-9-15(16(11-13)22-2)19-17(20)10-7-12-5-3-4-6-14(12)18/h3-6,8-9,11H,7,10H2,1-2H3,(H,19,20). The van der Waals surface area contributed by atoms with Crippen LogP contribution >= 0.6 is 0 Å². The zero-order valence-electron chi connectivity index (χ0n) is 12.6. The first kappa shape index (κ1) is 15.8. The van der Waals surface area contributed by atoms with Gasteiger partial charge in [0.05, 0.1) is 19.9 Å². The molecule has 0 aliphatic carbocycles. The molecule has 0 aliphatic rings. The quantitative estimate of drug-likeness (QED) is 0.889. The minimum atomic E-state index is -0.294. The first-order valence-electron chi connectivity index (χ1n) is 6.89. The molecule has 0 saturated heterocycles.